The predicted molar refractivity (Wildman–Crippen MR) is 81.7 cm³/mol. The molecule has 1 saturated carbocycles. The van der Waals surface area contributed by atoms with Crippen LogP contribution in [0.15, 0.2) is 45.5 Å². The fraction of sp³-hybridized carbons (Fsp3) is 0.375. The fourth-order valence-corrected chi connectivity index (χ4v) is 2.79. The van der Waals surface area contributed by atoms with Crippen LogP contribution in [-0.4, -0.2) is 7.11 Å². The average Bonchev–Trinajstić information content (AvgIpc) is 3.22. The summed E-state index contributed by atoms with van der Waals surface area (Å²) in [5, 5.41) is 3.61. The van der Waals surface area contributed by atoms with E-state index >= 15 is 0 Å². The number of furan rings is 1. The van der Waals surface area contributed by atoms with E-state index in [-0.39, 0.29) is 0 Å². The van der Waals surface area contributed by atoms with Gasteiger partial charge in [-0.25, -0.2) is 0 Å². The van der Waals surface area contributed by atoms with Gasteiger partial charge in [0.05, 0.1) is 13.7 Å². The lowest BCUT2D eigenvalue weighted by molar-refractivity contribution is 0.410. The lowest BCUT2D eigenvalue weighted by Crippen LogP contribution is -2.22. The van der Waals surface area contributed by atoms with Gasteiger partial charge in [0.2, 0.25) is 0 Å². The Bertz CT molecular complexity index is 560. The quantitative estimate of drug-likeness (QED) is 0.854. The Labute approximate surface area is 127 Å². The number of methoxy groups -OCH3 is 1. The summed E-state index contributed by atoms with van der Waals surface area (Å²) >= 11 is 3.33. The lowest BCUT2D eigenvalue weighted by atomic mass is 10.0. The van der Waals surface area contributed by atoms with Crippen LogP contribution in [0.2, 0.25) is 0 Å². The summed E-state index contributed by atoms with van der Waals surface area (Å²) in [6.45, 7) is 0.749. The summed E-state index contributed by atoms with van der Waals surface area (Å²) in [7, 11) is 1.69. The summed E-state index contributed by atoms with van der Waals surface area (Å²) in [5.74, 6) is 2.59. The maximum absolute atomic E-state index is 5.54. The second-order valence-electron chi connectivity index (χ2n) is 5.17. The van der Waals surface area contributed by atoms with E-state index in [0.717, 1.165) is 28.6 Å². The third kappa shape index (κ3) is 3.25. The first-order chi connectivity index (χ1) is 9.76. The normalized spacial score (nSPS) is 16.1. The number of benzene rings is 1. The van der Waals surface area contributed by atoms with Gasteiger partial charge in [-0.05, 0) is 64.5 Å². The van der Waals surface area contributed by atoms with Crippen molar-refractivity contribution in [1.29, 1.82) is 0 Å². The molecule has 1 fully saturated rings. The second kappa shape index (κ2) is 6.02. The number of halogens is 1. The molecule has 106 valence electrons. The molecule has 1 atom stereocenters. The Morgan fingerprint density at radius 3 is 2.55 bits per heavy atom. The monoisotopic (exact) mass is 335 g/mol. The molecule has 20 heavy (non-hydrogen) atoms. The lowest BCUT2D eigenvalue weighted by Gasteiger charge is -2.18. The minimum atomic E-state index is 0.393. The molecule has 0 spiro atoms. The molecule has 3 nitrogen and oxygen atoms in total. The molecule has 1 N–H and O–H groups in total. The number of rotatable bonds is 6. The van der Waals surface area contributed by atoms with E-state index in [0.29, 0.717) is 6.04 Å². The first kappa shape index (κ1) is 13.7. The van der Waals surface area contributed by atoms with Gasteiger partial charge in [0.15, 0.2) is 4.67 Å². The Kier molecular flexibility index (Phi) is 4.13. The molecule has 1 unspecified atom stereocenters. The topological polar surface area (TPSA) is 34.4 Å². The predicted octanol–water partition coefficient (Wildman–Crippen LogP) is 4.29. The second-order valence-corrected chi connectivity index (χ2v) is 5.96. The van der Waals surface area contributed by atoms with Crippen molar-refractivity contribution in [3.63, 3.8) is 0 Å². The minimum absolute atomic E-state index is 0.393. The third-order valence-corrected chi connectivity index (χ3v) is 4.12. The van der Waals surface area contributed by atoms with Gasteiger partial charge in [0, 0.05) is 6.04 Å². The number of hydrogen-bond donors (Lipinski definition) is 1. The number of hydrogen-bond acceptors (Lipinski definition) is 3. The van der Waals surface area contributed by atoms with Crippen molar-refractivity contribution < 1.29 is 9.15 Å². The Balaban J connectivity index is 1.68. The largest absolute Gasteiger partial charge is 0.497 e. The van der Waals surface area contributed by atoms with Crippen LogP contribution in [-0.2, 0) is 6.54 Å². The van der Waals surface area contributed by atoms with E-state index in [1.54, 1.807) is 7.11 Å². The summed E-state index contributed by atoms with van der Waals surface area (Å²) < 4.78 is 11.5. The highest BCUT2D eigenvalue weighted by Crippen LogP contribution is 2.41. The molecule has 0 amide bonds. The molecule has 0 radical (unpaired) electrons. The summed E-state index contributed by atoms with van der Waals surface area (Å²) in [6, 6.07) is 12.7. The molecule has 4 heteroatoms. The Morgan fingerprint density at radius 1 is 1.25 bits per heavy atom. The fourth-order valence-electron chi connectivity index (χ4n) is 2.45. The molecule has 1 aliphatic rings. The van der Waals surface area contributed by atoms with Crippen LogP contribution in [0.4, 0.5) is 0 Å². The molecule has 0 saturated heterocycles. The first-order valence-corrected chi connectivity index (χ1v) is 7.67. The van der Waals surface area contributed by atoms with Gasteiger partial charge in [-0.15, -0.1) is 0 Å². The molecule has 2 aromatic rings. The van der Waals surface area contributed by atoms with Gasteiger partial charge in [0.25, 0.3) is 0 Å². The SMILES string of the molecule is COc1ccc(C(NCc2ccc(Br)o2)C2CC2)cc1. The zero-order valence-electron chi connectivity index (χ0n) is 11.4. The molecule has 3 rings (SSSR count). The first-order valence-electron chi connectivity index (χ1n) is 6.88. The van der Waals surface area contributed by atoms with Crippen molar-refractivity contribution in [1.82, 2.24) is 5.32 Å². The summed E-state index contributed by atoms with van der Waals surface area (Å²) in [5.41, 5.74) is 1.32. The maximum Gasteiger partial charge on any atom is 0.169 e. The molecule has 1 aromatic heterocycles. The standard InChI is InChI=1S/C16H18BrNO2/c1-19-13-6-4-12(5-7-13)16(11-2-3-11)18-10-14-8-9-15(17)20-14/h4-9,11,16,18H,2-3,10H2,1H3. The van der Waals surface area contributed by atoms with Crippen molar-refractivity contribution in [3.8, 4) is 5.75 Å². The Morgan fingerprint density at radius 2 is 2.00 bits per heavy atom. The third-order valence-electron chi connectivity index (χ3n) is 3.69. The van der Waals surface area contributed by atoms with E-state index in [1.165, 1.54) is 18.4 Å². The van der Waals surface area contributed by atoms with E-state index in [1.807, 2.05) is 24.3 Å². The zero-order chi connectivity index (χ0) is 13.9. The minimum Gasteiger partial charge on any atom is -0.497 e. The molecule has 1 aliphatic carbocycles. The number of ether oxygens (including phenoxy) is 1. The van der Waals surface area contributed by atoms with Crippen LogP contribution >= 0.6 is 15.9 Å². The van der Waals surface area contributed by atoms with Crippen LogP contribution in [0.5, 0.6) is 5.75 Å². The van der Waals surface area contributed by atoms with Gasteiger partial charge in [-0.3, -0.25) is 0 Å². The van der Waals surface area contributed by atoms with E-state index in [9.17, 15) is 0 Å². The van der Waals surface area contributed by atoms with Crippen molar-refractivity contribution >= 4 is 15.9 Å². The molecule has 1 heterocycles. The van der Waals surface area contributed by atoms with Gasteiger partial charge < -0.3 is 14.5 Å². The van der Waals surface area contributed by atoms with Gasteiger partial charge in [0.1, 0.15) is 11.5 Å². The van der Waals surface area contributed by atoms with E-state index in [4.69, 9.17) is 9.15 Å². The Hall–Kier alpha value is -1.26. The van der Waals surface area contributed by atoms with Crippen molar-refractivity contribution in [2.75, 3.05) is 7.11 Å². The molecular formula is C16H18BrNO2. The molecule has 1 aromatic carbocycles. The average molecular weight is 336 g/mol. The van der Waals surface area contributed by atoms with E-state index in [2.05, 4.69) is 33.4 Å². The maximum atomic E-state index is 5.54. The van der Waals surface area contributed by atoms with Crippen LogP contribution in [0.1, 0.15) is 30.2 Å². The molecular weight excluding hydrogens is 318 g/mol. The smallest absolute Gasteiger partial charge is 0.169 e. The van der Waals surface area contributed by atoms with Crippen molar-refractivity contribution in [2.24, 2.45) is 5.92 Å². The molecule has 0 aliphatic heterocycles. The van der Waals surface area contributed by atoms with Crippen LogP contribution in [0.3, 0.4) is 0 Å². The highest BCUT2D eigenvalue weighted by Gasteiger charge is 2.32. The number of nitrogens with one attached hydrogen (secondary N) is 1. The van der Waals surface area contributed by atoms with Crippen molar-refractivity contribution in [3.05, 3.63) is 52.4 Å². The molecule has 0 bridgehead atoms. The van der Waals surface area contributed by atoms with Gasteiger partial charge in [-0.2, -0.15) is 0 Å². The highest BCUT2D eigenvalue weighted by molar-refractivity contribution is 9.10. The van der Waals surface area contributed by atoms with Crippen LogP contribution < -0.4 is 10.1 Å². The highest BCUT2D eigenvalue weighted by atomic mass is 79.9. The summed E-state index contributed by atoms with van der Waals surface area (Å²) in [4.78, 5) is 0. The van der Waals surface area contributed by atoms with Gasteiger partial charge in [-0.1, -0.05) is 12.1 Å². The zero-order valence-corrected chi connectivity index (χ0v) is 13.0. The van der Waals surface area contributed by atoms with Gasteiger partial charge >= 0.3 is 0 Å². The summed E-state index contributed by atoms with van der Waals surface area (Å²) in [6.07, 6.45) is 2.59. The van der Waals surface area contributed by atoms with Crippen LogP contribution in [0.25, 0.3) is 0 Å². The van der Waals surface area contributed by atoms with Crippen LogP contribution in [0, 0.1) is 5.92 Å². The van der Waals surface area contributed by atoms with Crippen molar-refractivity contribution in [2.45, 2.75) is 25.4 Å². The van der Waals surface area contributed by atoms with E-state index < -0.39 is 0 Å².